The van der Waals surface area contributed by atoms with Crippen LogP contribution in [-0.2, 0) is 17.1 Å². The smallest absolute Gasteiger partial charge is 0.343 e. The SMILES string of the molecule is CC(C)c1ccc(S(=O)(=O)n2c(=O)n(C)c3ccc(N)cc32)cc1. The van der Waals surface area contributed by atoms with E-state index in [1.54, 1.807) is 24.3 Å². The molecule has 3 rings (SSSR count). The molecule has 0 fully saturated rings. The van der Waals surface area contributed by atoms with Crippen LogP contribution in [0.4, 0.5) is 5.69 Å². The second-order valence-corrected chi connectivity index (χ2v) is 7.87. The molecule has 0 unspecified atom stereocenters. The third-order valence-corrected chi connectivity index (χ3v) is 5.83. The van der Waals surface area contributed by atoms with E-state index in [4.69, 9.17) is 5.73 Å². The van der Waals surface area contributed by atoms with Crippen LogP contribution in [0.3, 0.4) is 0 Å². The normalized spacial score (nSPS) is 12.2. The summed E-state index contributed by atoms with van der Waals surface area (Å²) in [5.41, 5.74) is 7.36. The van der Waals surface area contributed by atoms with Gasteiger partial charge in [0.1, 0.15) is 0 Å². The first-order valence-electron chi connectivity index (χ1n) is 7.56. The van der Waals surface area contributed by atoms with Gasteiger partial charge in [-0.05, 0) is 41.8 Å². The maximum absolute atomic E-state index is 13.0. The van der Waals surface area contributed by atoms with E-state index >= 15 is 0 Å². The first kappa shape index (κ1) is 16.3. The van der Waals surface area contributed by atoms with Gasteiger partial charge < -0.3 is 5.73 Å². The van der Waals surface area contributed by atoms with Crippen LogP contribution in [0, 0.1) is 0 Å². The fourth-order valence-corrected chi connectivity index (χ4v) is 4.12. The number of nitrogens with two attached hydrogens (primary N) is 1. The van der Waals surface area contributed by atoms with Gasteiger partial charge in [0.2, 0.25) is 0 Å². The molecule has 0 amide bonds. The summed E-state index contributed by atoms with van der Waals surface area (Å²) >= 11 is 0. The van der Waals surface area contributed by atoms with E-state index in [0.29, 0.717) is 17.1 Å². The van der Waals surface area contributed by atoms with Crippen LogP contribution in [0.15, 0.2) is 52.2 Å². The van der Waals surface area contributed by atoms with Crippen molar-refractivity contribution >= 4 is 26.7 Å². The Morgan fingerprint density at radius 1 is 1.00 bits per heavy atom. The largest absolute Gasteiger partial charge is 0.399 e. The number of hydrogen-bond acceptors (Lipinski definition) is 4. The number of aromatic nitrogens is 2. The first-order chi connectivity index (χ1) is 11.2. The Balaban J connectivity index is 2.27. The van der Waals surface area contributed by atoms with Gasteiger partial charge in [0, 0.05) is 12.7 Å². The molecule has 0 bridgehead atoms. The number of hydrogen-bond donors (Lipinski definition) is 1. The molecule has 0 saturated carbocycles. The molecular weight excluding hydrogens is 326 g/mol. The van der Waals surface area contributed by atoms with Gasteiger partial charge in [-0.15, -0.1) is 0 Å². The Bertz CT molecular complexity index is 1070. The first-order valence-corrected chi connectivity index (χ1v) is 9.00. The lowest BCUT2D eigenvalue weighted by Gasteiger charge is -2.09. The van der Waals surface area contributed by atoms with Crippen LogP contribution >= 0.6 is 0 Å². The van der Waals surface area contributed by atoms with E-state index in [2.05, 4.69) is 0 Å². The predicted molar refractivity (Wildman–Crippen MR) is 94.7 cm³/mol. The summed E-state index contributed by atoms with van der Waals surface area (Å²) in [5.74, 6) is 0.293. The molecule has 1 heterocycles. The van der Waals surface area contributed by atoms with Gasteiger partial charge in [-0.3, -0.25) is 4.57 Å². The van der Waals surface area contributed by atoms with Crippen LogP contribution < -0.4 is 11.4 Å². The average Bonchev–Trinajstić information content (AvgIpc) is 2.78. The minimum atomic E-state index is -4.01. The monoisotopic (exact) mass is 345 g/mol. The summed E-state index contributed by atoms with van der Waals surface area (Å²) in [7, 11) is -2.47. The van der Waals surface area contributed by atoms with Gasteiger partial charge >= 0.3 is 5.69 Å². The zero-order chi connectivity index (χ0) is 17.6. The Morgan fingerprint density at radius 2 is 1.62 bits per heavy atom. The van der Waals surface area contributed by atoms with E-state index in [0.717, 1.165) is 9.54 Å². The number of aryl methyl sites for hydroxylation is 1. The number of anilines is 1. The van der Waals surface area contributed by atoms with Crippen LogP contribution in [-0.4, -0.2) is 17.0 Å². The van der Waals surface area contributed by atoms with Crippen molar-refractivity contribution in [3.8, 4) is 0 Å². The third-order valence-electron chi connectivity index (χ3n) is 4.13. The molecular formula is C17H19N3O3S. The van der Waals surface area contributed by atoms with Crippen LogP contribution in [0.2, 0.25) is 0 Å². The van der Waals surface area contributed by atoms with Gasteiger partial charge in [-0.2, -0.15) is 3.97 Å². The molecule has 0 aliphatic heterocycles. The highest BCUT2D eigenvalue weighted by Crippen LogP contribution is 2.23. The Hall–Kier alpha value is -2.54. The highest BCUT2D eigenvalue weighted by molar-refractivity contribution is 7.90. The Morgan fingerprint density at radius 3 is 2.21 bits per heavy atom. The summed E-state index contributed by atoms with van der Waals surface area (Å²) in [6.45, 7) is 4.06. The molecule has 0 saturated heterocycles. The molecule has 0 spiro atoms. The molecule has 126 valence electrons. The lowest BCUT2D eigenvalue weighted by molar-refractivity contribution is 0.585. The van der Waals surface area contributed by atoms with Gasteiger partial charge in [0.15, 0.2) is 0 Å². The van der Waals surface area contributed by atoms with Crippen molar-refractivity contribution in [3.05, 3.63) is 58.5 Å². The van der Waals surface area contributed by atoms with Crippen molar-refractivity contribution in [2.24, 2.45) is 7.05 Å². The zero-order valence-corrected chi connectivity index (χ0v) is 14.5. The number of benzene rings is 2. The number of imidazole rings is 1. The Labute approximate surface area is 140 Å². The highest BCUT2D eigenvalue weighted by atomic mass is 32.2. The maximum atomic E-state index is 13.0. The van der Waals surface area contributed by atoms with Crippen molar-refractivity contribution in [3.63, 3.8) is 0 Å². The molecule has 2 aromatic carbocycles. The molecule has 0 aliphatic rings. The Kier molecular flexibility index (Phi) is 3.76. The molecule has 1 aromatic heterocycles. The molecule has 24 heavy (non-hydrogen) atoms. The van der Waals surface area contributed by atoms with Gasteiger partial charge in [-0.1, -0.05) is 26.0 Å². The molecule has 7 heteroatoms. The topological polar surface area (TPSA) is 87.1 Å². The van der Waals surface area contributed by atoms with E-state index in [9.17, 15) is 13.2 Å². The van der Waals surface area contributed by atoms with E-state index in [1.165, 1.54) is 29.8 Å². The van der Waals surface area contributed by atoms with Gasteiger partial charge in [0.25, 0.3) is 10.0 Å². The number of nitrogens with zero attached hydrogens (tertiary/aromatic N) is 2. The molecule has 0 aliphatic carbocycles. The van der Waals surface area contributed by atoms with Crippen molar-refractivity contribution < 1.29 is 8.42 Å². The maximum Gasteiger partial charge on any atom is 0.343 e. The molecule has 0 radical (unpaired) electrons. The summed E-state index contributed by atoms with van der Waals surface area (Å²) < 4.78 is 28.1. The zero-order valence-electron chi connectivity index (χ0n) is 13.7. The van der Waals surface area contributed by atoms with Crippen LogP contribution in [0.1, 0.15) is 25.3 Å². The van der Waals surface area contributed by atoms with Crippen molar-refractivity contribution in [1.82, 2.24) is 8.54 Å². The molecule has 2 N–H and O–H groups in total. The van der Waals surface area contributed by atoms with Gasteiger partial charge in [0.05, 0.1) is 15.9 Å². The second kappa shape index (κ2) is 5.52. The minimum absolute atomic E-state index is 0.0731. The lowest BCUT2D eigenvalue weighted by Crippen LogP contribution is -2.28. The fourth-order valence-electron chi connectivity index (χ4n) is 2.69. The van der Waals surface area contributed by atoms with Crippen molar-refractivity contribution in [2.75, 3.05) is 5.73 Å². The number of fused-ring (bicyclic) bond motifs is 1. The predicted octanol–water partition coefficient (Wildman–Crippen LogP) is 2.28. The molecule has 6 nitrogen and oxygen atoms in total. The highest BCUT2D eigenvalue weighted by Gasteiger charge is 2.24. The molecule has 3 aromatic rings. The van der Waals surface area contributed by atoms with E-state index < -0.39 is 15.7 Å². The van der Waals surface area contributed by atoms with Crippen molar-refractivity contribution in [2.45, 2.75) is 24.7 Å². The quantitative estimate of drug-likeness (QED) is 0.738. The van der Waals surface area contributed by atoms with E-state index in [-0.39, 0.29) is 10.4 Å². The van der Waals surface area contributed by atoms with Crippen LogP contribution in [0.25, 0.3) is 11.0 Å². The summed E-state index contributed by atoms with van der Waals surface area (Å²) in [6, 6.07) is 11.4. The third kappa shape index (κ3) is 2.41. The average molecular weight is 345 g/mol. The lowest BCUT2D eigenvalue weighted by atomic mass is 10.0. The minimum Gasteiger partial charge on any atom is -0.399 e. The number of nitrogen functional groups attached to an aromatic ring is 1. The van der Waals surface area contributed by atoms with Gasteiger partial charge in [-0.25, -0.2) is 13.2 Å². The fraction of sp³-hybridized carbons (Fsp3) is 0.235. The molecule has 0 atom stereocenters. The summed E-state index contributed by atoms with van der Waals surface area (Å²) in [5, 5.41) is 0. The van der Waals surface area contributed by atoms with Crippen molar-refractivity contribution in [1.29, 1.82) is 0 Å². The summed E-state index contributed by atoms with van der Waals surface area (Å²) in [4.78, 5) is 12.6. The standard InChI is InChI=1S/C17H19N3O3S/c1-11(2)12-4-7-14(8-5-12)24(22,23)20-16-10-13(18)6-9-15(16)19(3)17(20)21/h4-11H,18H2,1-3H3. The van der Waals surface area contributed by atoms with E-state index in [1.807, 2.05) is 13.8 Å². The summed E-state index contributed by atoms with van der Waals surface area (Å²) in [6.07, 6.45) is 0. The number of rotatable bonds is 3. The van der Waals surface area contributed by atoms with Crippen LogP contribution in [0.5, 0.6) is 0 Å². The second-order valence-electron chi connectivity index (χ2n) is 6.08.